The van der Waals surface area contributed by atoms with Gasteiger partial charge in [-0.3, -0.25) is 37.3 Å². The second kappa shape index (κ2) is 63.8. The predicted molar refractivity (Wildman–Crippen MR) is 358 cm³/mol. The van der Waals surface area contributed by atoms with Crippen molar-refractivity contribution in [1.82, 2.24) is 0 Å². The Hall–Kier alpha value is -2.98. The zero-order valence-electron chi connectivity index (χ0n) is 56.4. The Morgan fingerprint density at radius 3 is 0.820 bits per heavy atom. The quantitative estimate of drug-likeness (QED) is 0.0169. The first-order valence-electron chi connectivity index (χ1n) is 35.4. The van der Waals surface area contributed by atoms with Crippen molar-refractivity contribution in [3.8, 4) is 0 Å². The van der Waals surface area contributed by atoms with Crippen LogP contribution in [0.25, 0.3) is 0 Å². The minimum absolute atomic E-state index is 0.0784. The smallest absolute Gasteiger partial charge is 0.462 e. The molecule has 0 aliphatic carbocycles. The molecule has 0 aromatic carbocycles. The summed E-state index contributed by atoms with van der Waals surface area (Å²) in [4.78, 5) is 72.2. The third kappa shape index (κ3) is 63.6. The lowest BCUT2D eigenvalue weighted by molar-refractivity contribution is -0.161. The van der Waals surface area contributed by atoms with Gasteiger partial charge in [0, 0.05) is 25.7 Å². The molecule has 0 spiro atoms. The molecule has 0 aromatic heterocycles. The van der Waals surface area contributed by atoms with Crippen molar-refractivity contribution in [1.29, 1.82) is 0 Å². The summed E-state index contributed by atoms with van der Waals surface area (Å²) in [5.41, 5.74) is 0. The van der Waals surface area contributed by atoms with Crippen molar-refractivity contribution >= 4 is 39.5 Å². The molecule has 0 amide bonds. The zero-order valence-corrected chi connectivity index (χ0v) is 58.2. The predicted octanol–water partition coefficient (Wildman–Crippen LogP) is 19.4. The number of aliphatic hydroxyl groups excluding tert-OH is 1. The number of rotatable bonds is 67. The van der Waals surface area contributed by atoms with E-state index in [0.29, 0.717) is 25.7 Å². The third-order valence-electron chi connectivity index (χ3n) is 15.1. The lowest BCUT2D eigenvalue weighted by atomic mass is 10.0. The monoisotopic (exact) mass is 1300 g/mol. The van der Waals surface area contributed by atoms with Crippen LogP contribution in [-0.4, -0.2) is 96.7 Å². The van der Waals surface area contributed by atoms with E-state index in [4.69, 9.17) is 37.0 Å². The molecule has 0 heterocycles. The first-order valence-corrected chi connectivity index (χ1v) is 38.4. The number of esters is 4. The Morgan fingerprint density at radius 1 is 0.315 bits per heavy atom. The maximum Gasteiger partial charge on any atom is 0.472 e. The molecule has 5 atom stereocenters. The van der Waals surface area contributed by atoms with E-state index in [1.54, 1.807) is 0 Å². The Morgan fingerprint density at radius 2 is 0.539 bits per heavy atom. The molecular weight excluding hydrogens is 1170 g/mol. The number of unbranched alkanes of at least 4 members (excludes halogenated alkanes) is 35. The van der Waals surface area contributed by atoms with E-state index >= 15 is 0 Å². The van der Waals surface area contributed by atoms with E-state index in [9.17, 15) is 43.2 Å². The number of phosphoric ester groups is 2. The van der Waals surface area contributed by atoms with Crippen LogP contribution in [0.3, 0.4) is 0 Å². The minimum Gasteiger partial charge on any atom is -0.462 e. The fourth-order valence-electron chi connectivity index (χ4n) is 9.61. The van der Waals surface area contributed by atoms with E-state index < -0.39 is 97.5 Å². The van der Waals surface area contributed by atoms with Gasteiger partial charge >= 0.3 is 39.5 Å². The summed E-state index contributed by atoms with van der Waals surface area (Å²) in [5.74, 6) is -2.19. The number of ether oxygens (including phenoxy) is 4. The van der Waals surface area contributed by atoms with Crippen LogP contribution < -0.4 is 0 Å². The highest BCUT2D eigenvalue weighted by atomic mass is 31.2. The van der Waals surface area contributed by atoms with Gasteiger partial charge < -0.3 is 33.8 Å². The molecule has 2 unspecified atom stereocenters. The number of phosphoric acid groups is 2. The molecule has 0 aromatic rings. The van der Waals surface area contributed by atoms with Gasteiger partial charge in [0.15, 0.2) is 12.2 Å². The van der Waals surface area contributed by atoms with Gasteiger partial charge in [0.25, 0.3) is 0 Å². The van der Waals surface area contributed by atoms with E-state index in [1.807, 2.05) is 0 Å². The highest BCUT2D eigenvalue weighted by Gasteiger charge is 2.30. The maximum absolute atomic E-state index is 13.0. The summed E-state index contributed by atoms with van der Waals surface area (Å²) in [6, 6.07) is 0. The molecule has 0 fully saturated rings. The number of carbonyl (C=O) groups excluding carboxylic acids is 4. The summed E-state index contributed by atoms with van der Waals surface area (Å²) in [6.07, 6.45) is 57.4. The molecule has 0 aliphatic rings. The molecule has 89 heavy (non-hydrogen) atoms. The van der Waals surface area contributed by atoms with E-state index in [0.717, 1.165) is 128 Å². The highest BCUT2D eigenvalue weighted by molar-refractivity contribution is 7.47. The van der Waals surface area contributed by atoms with Gasteiger partial charge in [-0.2, -0.15) is 0 Å². The van der Waals surface area contributed by atoms with Crippen molar-refractivity contribution < 1.29 is 80.2 Å². The molecule has 0 rings (SSSR count). The Balaban J connectivity index is 5.23. The van der Waals surface area contributed by atoms with Crippen molar-refractivity contribution in [2.45, 2.75) is 335 Å². The van der Waals surface area contributed by atoms with E-state index in [1.165, 1.54) is 109 Å². The molecule has 0 aliphatic heterocycles. The van der Waals surface area contributed by atoms with Gasteiger partial charge in [0.1, 0.15) is 19.3 Å². The fourth-order valence-corrected chi connectivity index (χ4v) is 11.2. The Labute approximate surface area is 540 Å². The molecular formula is C70H128O17P2. The number of carbonyl (C=O) groups is 4. The van der Waals surface area contributed by atoms with Crippen molar-refractivity contribution in [3.63, 3.8) is 0 Å². The van der Waals surface area contributed by atoms with Gasteiger partial charge in [-0.15, -0.1) is 0 Å². The Kier molecular flexibility index (Phi) is 61.6. The van der Waals surface area contributed by atoms with Crippen LogP contribution >= 0.6 is 15.6 Å². The molecule has 17 nitrogen and oxygen atoms in total. The molecule has 0 saturated heterocycles. The van der Waals surface area contributed by atoms with Crippen molar-refractivity contribution in [2.75, 3.05) is 39.6 Å². The lowest BCUT2D eigenvalue weighted by Crippen LogP contribution is -2.30. The van der Waals surface area contributed by atoms with Gasteiger partial charge in [-0.05, 0) is 77.0 Å². The largest absolute Gasteiger partial charge is 0.472 e. The van der Waals surface area contributed by atoms with E-state index in [-0.39, 0.29) is 25.7 Å². The Bertz CT molecular complexity index is 1890. The normalized spacial score (nSPS) is 14.4. The molecule has 19 heteroatoms. The van der Waals surface area contributed by atoms with Crippen LogP contribution in [0.15, 0.2) is 48.6 Å². The number of allylic oxidation sites excluding steroid dienone is 8. The minimum atomic E-state index is -4.96. The lowest BCUT2D eigenvalue weighted by Gasteiger charge is -2.21. The number of hydrogen-bond acceptors (Lipinski definition) is 15. The molecule has 0 radical (unpaired) electrons. The molecule has 0 bridgehead atoms. The topological polar surface area (TPSA) is 237 Å². The number of aliphatic hydroxyl groups is 1. The van der Waals surface area contributed by atoms with Gasteiger partial charge in [0.05, 0.1) is 26.4 Å². The summed E-state index contributed by atoms with van der Waals surface area (Å²) in [6.45, 7) is 4.72. The standard InChI is InChI=1S/C70H128O17P2/c1-5-9-13-17-20-23-26-29-32-35-37-40-43-47-51-55-68(73)81-61-66(87-70(75)57-53-49-45-42-39-36-33-30-27-24-21-18-14-10-6-2)63-85-89(78,79)83-59-64(71)58-82-88(76,77)84-62-65(60-80-67(72)54-50-46-16-12-8-4)86-69(74)56-52-48-44-41-38-34-31-28-25-22-19-15-11-7-3/h23-24,26-27,29-30,32-33,64-66,71H,5-22,25,28,31,34-63H2,1-4H3,(H,76,77)(H,78,79)/b26-23-,27-24-,32-29-,33-30-/t64-,65+,66+/m0/s1. The average Bonchev–Trinajstić information content (AvgIpc) is 3.72. The fraction of sp³-hybridized carbons (Fsp3) is 0.829. The summed E-state index contributed by atoms with van der Waals surface area (Å²) < 4.78 is 68.0. The SMILES string of the molecule is CCCCCC/C=C\C=C/CCCCCCCC(=O)OC[C@H](COP(=O)(O)OC[C@@H](O)COP(=O)(O)OC[C@@H](COC(=O)CCCCCCC)OC(=O)CCCCCCCCCCCCCCCC)OC(=O)CCCCCCC/C=C\C=C/CCCCCC. The first kappa shape index (κ1) is 86.0. The molecule has 520 valence electrons. The molecule has 3 N–H and O–H groups in total. The van der Waals surface area contributed by atoms with Crippen LogP contribution in [0.1, 0.15) is 317 Å². The zero-order chi connectivity index (χ0) is 65.4. The summed E-state index contributed by atoms with van der Waals surface area (Å²) in [7, 11) is -9.91. The maximum atomic E-state index is 13.0. The summed E-state index contributed by atoms with van der Waals surface area (Å²) >= 11 is 0. The third-order valence-corrected chi connectivity index (χ3v) is 17.0. The van der Waals surface area contributed by atoms with Crippen molar-refractivity contribution in [3.05, 3.63) is 48.6 Å². The first-order chi connectivity index (χ1) is 43.2. The van der Waals surface area contributed by atoms with Crippen LogP contribution in [0.5, 0.6) is 0 Å². The van der Waals surface area contributed by atoms with Gasteiger partial charge in [-0.1, -0.05) is 263 Å². The van der Waals surface area contributed by atoms with Crippen LogP contribution in [0.2, 0.25) is 0 Å². The molecule has 0 saturated carbocycles. The second-order valence-electron chi connectivity index (χ2n) is 23.9. The average molecular weight is 1300 g/mol. The highest BCUT2D eigenvalue weighted by Crippen LogP contribution is 2.45. The van der Waals surface area contributed by atoms with Crippen LogP contribution in [0, 0.1) is 0 Å². The van der Waals surface area contributed by atoms with Crippen LogP contribution in [0.4, 0.5) is 0 Å². The van der Waals surface area contributed by atoms with E-state index in [2.05, 4.69) is 76.3 Å². The summed E-state index contributed by atoms with van der Waals surface area (Å²) in [5, 5.41) is 10.5. The van der Waals surface area contributed by atoms with Gasteiger partial charge in [-0.25, -0.2) is 9.13 Å². The van der Waals surface area contributed by atoms with Crippen molar-refractivity contribution in [2.24, 2.45) is 0 Å². The second-order valence-corrected chi connectivity index (χ2v) is 26.8. The van der Waals surface area contributed by atoms with Crippen LogP contribution in [-0.2, 0) is 65.4 Å². The number of hydrogen-bond donors (Lipinski definition) is 3. The van der Waals surface area contributed by atoms with Gasteiger partial charge in [0.2, 0.25) is 0 Å².